The molecule has 0 spiro atoms. The van der Waals surface area contributed by atoms with Crippen molar-refractivity contribution in [3.8, 4) is 5.75 Å². The van der Waals surface area contributed by atoms with Gasteiger partial charge in [-0.3, -0.25) is 0 Å². The molecule has 2 atom stereocenters. The number of ether oxygens (including phenoxy) is 1. The van der Waals surface area contributed by atoms with Gasteiger partial charge in [0.05, 0.1) is 12.2 Å². The zero-order valence-corrected chi connectivity index (χ0v) is 16.4. The van der Waals surface area contributed by atoms with E-state index >= 15 is 0 Å². The third-order valence-corrected chi connectivity index (χ3v) is 6.68. The molecule has 2 aromatic rings. The van der Waals surface area contributed by atoms with Crippen molar-refractivity contribution in [2.45, 2.75) is 44.6 Å². The molecule has 3 aliphatic rings. The number of anilines is 1. The molecule has 3 heterocycles. The Morgan fingerprint density at radius 3 is 2.81 bits per heavy atom. The zero-order chi connectivity index (χ0) is 18.2. The monoisotopic (exact) mass is 362 g/mol. The summed E-state index contributed by atoms with van der Waals surface area (Å²) in [6.07, 6.45) is 5.08. The van der Waals surface area contributed by atoms with Crippen molar-refractivity contribution in [3.63, 3.8) is 0 Å². The smallest absolute Gasteiger partial charge is 0.142 e. The molecule has 3 aliphatic heterocycles. The highest BCUT2D eigenvalue weighted by molar-refractivity contribution is 5.71. The maximum Gasteiger partial charge on any atom is 0.142 e. The minimum Gasteiger partial charge on any atom is -0.490 e. The Kier molecular flexibility index (Phi) is 4.56. The molecule has 0 N–H and O–H groups in total. The summed E-state index contributed by atoms with van der Waals surface area (Å²) in [4.78, 5) is 5.35. The van der Waals surface area contributed by atoms with E-state index in [0.29, 0.717) is 12.0 Å². The van der Waals surface area contributed by atoms with E-state index in [0.717, 1.165) is 18.9 Å². The third kappa shape index (κ3) is 3.23. The topological polar surface area (TPSA) is 15.7 Å². The lowest BCUT2D eigenvalue weighted by Crippen LogP contribution is -2.48. The van der Waals surface area contributed by atoms with Gasteiger partial charge in [0.2, 0.25) is 0 Å². The summed E-state index contributed by atoms with van der Waals surface area (Å²) < 4.78 is 5.92. The number of likely N-dealkylation sites (tertiary alicyclic amines) is 1. The lowest BCUT2D eigenvalue weighted by atomic mass is 9.89. The summed E-state index contributed by atoms with van der Waals surface area (Å²) in [6, 6.07) is 16.4. The van der Waals surface area contributed by atoms with E-state index in [1.807, 2.05) is 0 Å². The van der Waals surface area contributed by atoms with Crippen molar-refractivity contribution in [1.29, 1.82) is 0 Å². The van der Waals surface area contributed by atoms with Crippen LogP contribution >= 0.6 is 0 Å². The van der Waals surface area contributed by atoms with Crippen LogP contribution in [0.15, 0.2) is 42.5 Å². The van der Waals surface area contributed by atoms with Crippen LogP contribution in [0.25, 0.3) is 0 Å². The van der Waals surface area contributed by atoms with Gasteiger partial charge in [-0.25, -0.2) is 0 Å². The van der Waals surface area contributed by atoms with Crippen molar-refractivity contribution in [3.05, 3.63) is 59.2 Å². The highest BCUT2D eigenvalue weighted by atomic mass is 16.5. The van der Waals surface area contributed by atoms with E-state index in [1.54, 1.807) is 0 Å². The largest absolute Gasteiger partial charge is 0.490 e. The minimum atomic E-state index is 0.660. The standard InChI is InChI=1S/C24H30N2O/c1-18-8-10-19(11-9-18)5-2-3-13-25-14-12-22-21(17-25)20-6-4-7-23-24(20)26(22)15-16-27-23/h4,6-11,21-22H,2-3,5,12-17H2,1H3/t21-,22-/m0/s1. The normalized spacial score (nSPS) is 23.7. The predicted molar refractivity (Wildman–Crippen MR) is 111 cm³/mol. The number of para-hydroxylation sites is 1. The number of fused-ring (bicyclic) bond motifs is 3. The molecule has 142 valence electrons. The van der Waals surface area contributed by atoms with Gasteiger partial charge in [0, 0.05) is 25.0 Å². The van der Waals surface area contributed by atoms with Crippen LogP contribution in [0, 0.1) is 6.92 Å². The van der Waals surface area contributed by atoms with Gasteiger partial charge < -0.3 is 14.5 Å². The summed E-state index contributed by atoms with van der Waals surface area (Å²) in [6.45, 7) is 7.74. The Morgan fingerprint density at radius 2 is 1.93 bits per heavy atom. The molecule has 0 saturated carbocycles. The fourth-order valence-electron chi connectivity index (χ4n) is 5.27. The van der Waals surface area contributed by atoms with Crippen LogP contribution in [0.5, 0.6) is 5.75 Å². The van der Waals surface area contributed by atoms with Crippen LogP contribution in [0.3, 0.4) is 0 Å². The number of nitrogens with zero attached hydrogens (tertiary/aromatic N) is 2. The van der Waals surface area contributed by atoms with E-state index < -0.39 is 0 Å². The molecule has 2 aromatic carbocycles. The van der Waals surface area contributed by atoms with Gasteiger partial charge in [0.1, 0.15) is 12.4 Å². The van der Waals surface area contributed by atoms with Crippen molar-refractivity contribution >= 4 is 5.69 Å². The van der Waals surface area contributed by atoms with E-state index in [2.05, 4.69) is 59.2 Å². The second kappa shape index (κ2) is 7.20. The molecule has 0 unspecified atom stereocenters. The number of benzene rings is 2. The molecule has 1 fully saturated rings. The van der Waals surface area contributed by atoms with Gasteiger partial charge in [-0.15, -0.1) is 0 Å². The van der Waals surface area contributed by atoms with Crippen molar-refractivity contribution in [2.75, 3.05) is 37.7 Å². The van der Waals surface area contributed by atoms with E-state index in [1.165, 1.54) is 67.7 Å². The average molecular weight is 363 g/mol. The maximum atomic E-state index is 5.92. The first-order chi connectivity index (χ1) is 13.3. The van der Waals surface area contributed by atoms with Crippen LogP contribution in [0.1, 0.15) is 41.9 Å². The first kappa shape index (κ1) is 17.1. The Balaban J connectivity index is 1.18. The number of hydrogen-bond acceptors (Lipinski definition) is 3. The fraction of sp³-hybridized carbons (Fsp3) is 0.500. The minimum absolute atomic E-state index is 0.660. The van der Waals surface area contributed by atoms with Crippen LogP contribution in [-0.4, -0.2) is 43.7 Å². The van der Waals surface area contributed by atoms with Crippen molar-refractivity contribution in [2.24, 2.45) is 0 Å². The molecule has 0 aliphatic carbocycles. The van der Waals surface area contributed by atoms with Gasteiger partial charge in [0.15, 0.2) is 0 Å². The van der Waals surface area contributed by atoms with Gasteiger partial charge in [-0.2, -0.15) is 0 Å². The third-order valence-electron chi connectivity index (χ3n) is 6.68. The average Bonchev–Trinajstić information content (AvgIpc) is 3.02. The summed E-state index contributed by atoms with van der Waals surface area (Å²) in [5.41, 5.74) is 5.76. The Morgan fingerprint density at radius 1 is 1.04 bits per heavy atom. The highest BCUT2D eigenvalue weighted by Crippen LogP contribution is 2.50. The van der Waals surface area contributed by atoms with Gasteiger partial charge in [0.25, 0.3) is 0 Å². The quantitative estimate of drug-likeness (QED) is 0.734. The summed E-state index contributed by atoms with van der Waals surface area (Å²) in [5, 5.41) is 0. The number of unbranched alkanes of at least 4 members (excludes halogenated alkanes) is 1. The lowest BCUT2D eigenvalue weighted by Gasteiger charge is -2.40. The molecule has 0 aromatic heterocycles. The van der Waals surface area contributed by atoms with Crippen molar-refractivity contribution < 1.29 is 4.74 Å². The summed E-state index contributed by atoms with van der Waals surface area (Å²) in [7, 11) is 0. The molecule has 3 heteroatoms. The molecular weight excluding hydrogens is 332 g/mol. The van der Waals surface area contributed by atoms with Gasteiger partial charge >= 0.3 is 0 Å². The SMILES string of the molecule is Cc1ccc(CCCCN2CC[C@H]3[C@@H](C2)c2cccc4c2N3CCO4)cc1. The first-order valence-electron chi connectivity index (χ1n) is 10.6. The molecule has 27 heavy (non-hydrogen) atoms. The fourth-order valence-corrected chi connectivity index (χ4v) is 5.27. The lowest BCUT2D eigenvalue weighted by molar-refractivity contribution is 0.187. The Hall–Kier alpha value is -2.00. The molecule has 5 rings (SSSR count). The molecular formula is C24H30N2O. The molecule has 0 bridgehead atoms. The zero-order valence-electron chi connectivity index (χ0n) is 16.4. The molecule has 1 saturated heterocycles. The number of rotatable bonds is 5. The van der Waals surface area contributed by atoms with Gasteiger partial charge in [-0.05, 0) is 56.3 Å². The number of aryl methyl sites for hydroxylation is 2. The van der Waals surface area contributed by atoms with Crippen molar-refractivity contribution in [1.82, 2.24) is 4.90 Å². The Labute approximate surface area is 162 Å². The Bertz CT molecular complexity index is 801. The van der Waals surface area contributed by atoms with E-state index in [9.17, 15) is 0 Å². The summed E-state index contributed by atoms with van der Waals surface area (Å²) >= 11 is 0. The molecule has 0 radical (unpaired) electrons. The molecule has 3 nitrogen and oxygen atoms in total. The van der Waals surface area contributed by atoms with E-state index in [4.69, 9.17) is 4.74 Å². The summed E-state index contributed by atoms with van der Waals surface area (Å²) in [5.74, 6) is 1.77. The second-order valence-corrected chi connectivity index (χ2v) is 8.44. The first-order valence-corrected chi connectivity index (χ1v) is 10.6. The number of piperidine rings is 1. The maximum absolute atomic E-state index is 5.92. The molecule has 0 amide bonds. The van der Waals surface area contributed by atoms with E-state index in [-0.39, 0.29) is 0 Å². The second-order valence-electron chi connectivity index (χ2n) is 8.44. The highest BCUT2D eigenvalue weighted by Gasteiger charge is 2.44. The van der Waals surface area contributed by atoms with Gasteiger partial charge in [-0.1, -0.05) is 42.0 Å². The van der Waals surface area contributed by atoms with Crippen LogP contribution in [0.2, 0.25) is 0 Å². The number of hydrogen-bond donors (Lipinski definition) is 0. The predicted octanol–water partition coefficient (Wildman–Crippen LogP) is 4.39. The van der Waals surface area contributed by atoms with Crippen LogP contribution in [-0.2, 0) is 6.42 Å². The van der Waals surface area contributed by atoms with Crippen LogP contribution < -0.4 is 9.64 Å². The van der Waals surface area contributed by atoms with Crippen LogP contribution in [0.4, 0.5) is 5.69 Å².